The van der Waals surface area contributed by atoms with Gasteiger partial charge in [0, 0.05) is 0 Å². The number of nitrogen functional groups attached to an aromatic ring is 2. The molecule has 0 unspecified atom stereocenters. The first kappa shape index (κ1) is 21.2. The summed E-state index contributed by atoms with van der Waals surface area (Å²) in [6.07, 6.45) is 0. The summed E-state index contributed by atoms with van der Waals surface area (Å²) in [5.41, 5.74) is 10.5. The standard InChI is InChI=1S/C6H6Cl6.C4H8N6O/c7-1-2(8)4(10)6(12)5(11)3(1)9;5-2-8-3(6)10-4(9-2)7-1-11/h1-6H;11H,1H2,(H5,5,6,7,8,9,10). The van der Waals surface area contributed by atoms with E-state index in [2.05, 4.69) is 20.3 Å². The first-order valence-corrected chi connectivity index (χ1v) is 8.77. The summed E-state index contributed by atoms with van der Waals surface area (Å²) in [6.45, 7) is -0.275. The largest absolute Gasteiger partial charge is 0.376 e. The van der Waals surface area contributed by atoms with Crippen LogP contribution in [0.25, 0.3) is 0 Å². The maximum Gasteiger partial charge on any atom is 0.231 e. The first-order chi connectivity index (χ1) is 10.7. The van der Waals surface area contributed by atoms with Crippen molar-refractivity contribution in [2.24, 2.45) is 0 Å². The molecule has 0 radical (unpaired) electrons. The van der Waals surface area contributed by atoms with E-state index in [0.717, 1.165) is 0 Å². The highest BCUT2D eigenvalue weighted by Crippen LogP contribution is 2.39. The van der Waals surface area contributed by atoms with Gasteiger partial charge in [-0.05, 0) is 0 Å². The number of hydrogen-bond acceptors (Lipinski definition) is 7. The zero-order valence-electron chi connectivity index (χ0n) is 11.4. The van der Waals surface area contributed by atoms with Gasteiger partial charge in [-0.25, -0.2) is 0 Å². The second kappa shape index (κ2) is 9.56. The number of halogens is 6. The molecule has 2 rings (SSSR count). The normalized spacial score (nSPS) is 33.5. The molecule has 1 fully saturated rings. The van der Waals surface area contributed by atoms with E-state index in [1.165, 1.54) is 0 Å². The van der Waals surface area contributed by atoms with Crippen LogP contribution in [0.4, 0.5) is 17.8 Å². The van der Waals surface area contributed by atoms with E-state index in [-0.39, 0.29) is 24.6 Å². The predicted molar refractivity (Wildman–Crippen MR) is 97.2 cm³/mol. The topological polar surface area (TPSA) is 123 Å². The Morgan fingerprint density at radius 2 is 1.04 bits per heavy atom. The van der Waals surface area contributed by atoms with Crippen LogP contribution in [0.15, 0.2) is 0 Å². The molecule has 7 nitrogen and oxygen atoms in total. The number of anilines is 3. The van der Waals surface area contributed by atoms with Crippen molar-refractivity contribution in [2.75, 3.05) is 23.5 Å². The fourth-order valence-electron chi connectivity index (χ4n) is 1.61. The summed E-state index contributed by atoms with van der Waals surface area (Å²) in [5, 5.41) is 8.21. The van der Waals surface area contributed by atoms with E-state index in [4.69, 9.17) is 86.2 Å². The quantitative estimate of drug-likeness (QED) is 0.405. The van der Waals surface area contributed by atoms with Crippen molar-refractivity contribution >= 4 is 87.5 Å². The fraction of sp³-hybridized carbons (Fsp3) is 0.700. The predicted octanol–water partition coefficient (Wildman–Crippen LogP) is 2.04. The van der Waals surface area contributed by atoms with Crippen LogP contribution in [0.2, 0.25) is 0 Å². The highest BCUT2D eigenvalue weighted by Gasteiger charge is 2.46. The van der Waals surface area contributed by atoms with Gasteiger partial charge in [0.2, 0.25) is 17.8 Å². The summed E-state index contributed by atoms with van der Waals surface area (Å²) in [4.78, 5) is 10.8. The van der Waals surface area contributed by atoms with Crippen molar-refractivity contribution in [2.45, 2.75) is 32.3 Å². The van der Waals surface area contributed by atoms with Crippen LogP contribution >= 0.6 is 69.6 Å². The number of nitrogens with zero attached hydrogens (tertiary/aromatic N) is 3. The van der Waals surface area contributed by atoms with Crippen LogP contribution in [-0.2, 0) is 0 Å². The van der Waals surface area contributed by atoms with Crippen molar-refractivity contribution in [3.05, 3.63) is 0 Å². The summed E-state index contributed by atoms with van der Waals surface area (Å²) in [7, 11) is 0. The zero-order valence-corrected chi connectivity index (χ0v) is 15.9. The molecule has 13 heteroatoms. The van der Waals surface area contributed by atoms with E-state index in [1.807, 2.05) is 0 Å². The molecule has 132 valence electrons. The second-order valence-corrected chi connectivity index (χ2v) is 7.40. The van der Waals surface area contributed by atoms with Gasteiger partial charge in [0.15, 0.2) is 0 Å². The number of alkyl halides is 6. The lowest BCUT2D eigenvalue weighted by Gasteiger charge is -2.37. The zero-order chi connectivity index (χ0) is 17.7. The third-order valence-electron chi connectivity index (χ3n) is 2.73. The van der Waals surface area contributed by atoms with Gasteiger partial charge >= 0.3 is 0 Å². The van der Waals surface area contributed by atoms with E-state index in [0.29, 0.717) is 0 Å². The maximum atomic E-state index is 8.41. The molecular weight excluding hydrogens is 433 g/mol. The van der Waals surface area contributed by atoms with Gasteiger partial charge in [0.25, 0.3) is 0 Å². The Labute approximate surface area is 162 Å². The highest BCUT2D eigenvalue weighted by molar-refractivity contribution is 6.45. The molecule has 0 aliphatic heterocycles. The number of rotatable bonds is 2. The lowest BCUT2D eigenvalue weighted by atomic mass is 9.97. The molecule has 1 aromatic rings. The van der Waals surface area contributed by atoms with Gasteiger partial charge in [-0.3, -0.25) is 0 Å². The second-order valence-electron chi connectivity index (χ2n) is 4.38. The highest BCUT2D eigenvalue weighted by atomic mass is 35.5. The van der Waals surface area contributed by atoms with Crippen LogP contribution < -0.4 is 16.8 Å². The molecule has 1 aliphatic carbocycles. The monoisotopic (exact) mass is 444 g/mol. The molecule has 0 saturated heterocycles. The number of aliphatic hydroxyl groups is 1. The van der Waals surface area contributed by atoms with Crippen LogP contribution in [0.5, 0.6) is 0 Å². The lowest BCUT2D eigenvalue weighted by molar-refractivity contribution is 0.324. The Hall–Kier alpha value is 0.110. The third-order valence-corrected chi connectivity index (χ3v) is 6.76. The minimum Gasteiger partial charge on any atom is -0.376 e. The number of aromatic nitrogens is 3. The van der Waals surface area contributed by atoms with Crippen LogP contribution in [0, 0.1) is 0 Å². The van der Waals surface area contributed by atoms with E-state index in [1.54, 1.807) is 0 Å². The average Bonchev–Trinajstić information content (AvgIpc) is 2.49. The molecule has 1 saturated carbocycles. The molecular formula is C10H14Cl6N6O. The molecule has 1 aliphatic rings. The molecule has 23 heavy (non-hydrogen) atoms. The van der Waals surface area contributed by atoms with Gasteiger partial charge < -0.3 is 21.9 Å². The maximum absolute atomic E-state index is 8.41. The first-order valence-electron chi connectivity index (χ1n) is 6.15. The Balaban J connectivity index is 0.000000231. The molecule has 0 amide bonds. The fourth-order valence-corrected chi connectivity index (χ4v) is 3.94. The molecule has 1 heterocycles. The third kappa shape index (κ3) is 5.85. The van der Waals surface area contributed by atoms with E-state index < -0.39 is 32.3 Å². The molecule has 0 spiro atoms. The van der Waals surface area contributed by atoms with Crippen molar-refractivity contribution in [1.82, 2.24) is 15.0 Å². The Kier molecular flexibility index (Phi) is 8.79. The van der Waals surface area contributed by atoms with Gasteiger partial charge in [-0.1, -0.05) is 0 Å². The van der Waals surface area contributed by atoms with Crippen LogP contribution in [0.3, 0.4) is 0 Å². The molecule has 0 aromatic carbocycles. The Morgan fingerprint density at radius 1 is 0.739 bits per heavy atom. The smallest absolute Gasteiger partial charge is 0.231 e. The molecule has 0 atom stereocenters. The number of nitrogens with one attached hydrogen (secondary N) is 1. The summed E-state index contributed by atoms with van der Waals surface area (Å²) in [6, 6.07) is 0. The summed E-state index contributed by atoms with van der Waals surface area (Å²) < 4.78 is 0. The van der Waals surface area contributed by atoms with Crippen LogP contribution in [-0.4, -0.2) is 59.1 Å². The van der Waals surface area contributed by atoms with Crippen molar-refractivity contribution in [3.8, 4) is 0 Å². The van der Waals surface area contributed by atoms with Gasteiger partial charge in [0.05, 0.1) is 32.3 Å². The summed E-state index contributed by atoms with van der Waals surface area (Å²) >= 11 is 35.3. The van der Waals surface area contributed by atoms with E-state index >= 15 is 0 Å². The summed E-state index contributed by atoms with van der Waals surface area (Å²) in [5.74, 6) is 0.208. The minimum absolute atomic E-state index is 0.0217. The van der Waals surface area contributed by atoms with Gasteiger partial charge in [-0.2, -0.15) is 15.0 Å². The number of hydrogen-bond donors (Lipinski definition) is 4. The van der Waals surface area contributed by atoms with Gasteiger partial charge in [0.1, 0.15) is 6.73 Å². The van der Waals surface area contributed by atoms with Crippen LogP contribution in [0.1, 0.15) is 0 Å². The van der Waals surface area contributed by atoms with Gasteiger partial charge in [-0.15, -0.1) is 69.6 Å². The van der Waals surface area contributed by atoms with Crippen molar-refractivity contribution in [3.63, 3.8) is 0 Å². The van der Waals surface area contributed by atoms with Crippen molar-refractivity contribution < 1.29 is 5.11 Å². The number of nitrogens with two attached hydrogens (primary N) is 2. The van der Waals surface area contributed by atoms with E-state index in [9.17, 15) is 0 Å². The SMILES string of the molecule is ClC1C(Cl)C(Cl)C(Cl)C(Cl)C1Cl.Nc1nc(N)nc(NCO)n1. The van der Waals surface area contributed by atoms with Crippen molar-refractivity contribution in [1.29, 1.82) is 0 Å². The average molecular weight is 447 g/mol. The number of aliphatic hydroxyl groups excluding tert-OH is 1. The molecule has 6 N–H and O–H groups in total. The Bertz CT molecular complexity index is 434. The lowest BCUT2D eigenvalue weighted by Crippen LogP contribution is -2.52. The molecule has 0 bridgehead atoms. The Morgan fingerprint density at radius 3 is 1.30 bits per heavy atom. The molecule has 1 aromatic heterocycles. The minimum atomic E-state index is -0.437.